The molecule has 9 heteroatoms. The highest BCUT2D eigenvalue weighted by atomic mass is 19.4. The molecule has 1 aromatic carbocycles. The topological polar surface area (TPSA) is 50.6 Å². The number of aldehydes is 1. The molecule has 2 unspecified atom stereocenters. The number of carbonyl (C=O) groups excluding carboxylic acids is 1. The number of hydrogen-bond acceptors (Lipinski definition) is 5. The molecule has 0 N–H and O–H groups in total. The van der Waals surface area contributed by atoms with Crippen LogP contribution in [0.1, 0.15) is 18.5 Å². The summed E-state index contributed by atoms with van der Waals surface area (Å²) in [5, 5.41) is 4.68. The van der Waals surface area contributed by atoms with Crippen molar-refractivity contribution in [2.45, 2.75) is 32.2 Å². The number of rotatable bonds is 4. The third kappa shape index (κ3) is 4.39. The van der Waals surface area contributed by atoms with Gasteiger partial charge in [-0.25, -0.2) is 4.68 Å². The molecule has 2 saturated heterocycles. The van der Waals surface area contributed by atoms with Crippen LogP contribution in [0.25, 0.3) is 5.69 Å². The molecule has 2 fully saturated rings. The van der Waals surface area contributed by atoms with Gasteiger partial charge in [-0.1, -0.05) is 0 Å². The second-order valence-electron chi connectivity index (χ2n) is 7.67. The van der Waals surface area contributed by atoms with E-state index in [1.807, 2.05) is 13.0 Å². The number of piperidine rings is 1. The maximum Gasteiger partial charge on any atom is 0.573 e. The Labute approximate surface area is 166 Å². The number of ether oxygens (including phenoxy) is 1. The van der Waals surface area contributed by atoms with Crippen LogP contribution in [-0.4, -0.2) is 59.5 Å². The van der Waals surface area contributed by atoms with Crippen LogP contribution in [-0.2, 0) is 4.79 Å². The van der Waals surface area contributed by atoms with E-state index in [9.17, 15) is 18.0 Å². The minimum absolute atomic E-state index is 0.142. The Balaban J connectivity index is 1.46. The summed E-state index contributed by atoms with van der Waals surface area (Å²) in [6, 6.07) is 8.10. The standard InChI is InChI=1S/C20H23F3N4O2/c1-14-10-19(26-9-8-25-11-15(13-28)2-3-17(25)12-26)24-27(14)16-4-6-18(7-5-16)29-20(21,22)23/h4-7,10,13,15,17H,2-3,8-9,11-12H2,1H3. The Morgan fingerprint density at radius 3 is 2.59 bits per heavy atom. The molecule has 0 aliphatic carbocycles. The lowest BCUT2D eigenvalue weighted by Gasteiger charge is -2.45. The number of benzene rings is 1. The third-order valence-electron chi connectivity index (χ3n) is 5.65. The van der Waals surface area contributed by atoms with E-state index in [4.69, 9.17) is 0 Å². The van der Waals surface area contributed by atoms with Gasteiger partial charge in [-0.15, -0.1) is 13.2 Å². The first kappa shape index (κ1) is 19.8. The molecule has 0 saturated carbocycles. The number of fused-ring (bicyclic) bond motifs is 1. The Hall–Kier alpha value is -2.55. The molecule has 4 rings (SSSR count). The Morgan fingerprint density at radius 2 is 1.90 bits per heavy atom. The molecule has 2 aromatic rings. The second-order valence-corrected chi connectivity index (χ2v) is 7.67. The van der Waals surface area contributed by atoms with Gasteiger partial charge in [-0.2, -0.15) is 5.10 Å². The van der Waals surface area contributed by atoms with Gasteiger partial charge in [-0.3, -0.25) is 4.90 Å². The number of hydrogen-bond donors (Lipinski definition) is 0. The average Bonchev–Trinajstić information content (AvgIpc) is 3.08. The summed E-state index contributed by atoms with van der Waals surface area (Å²) in [7, 11) is 0. The van der Waals surface area contributed by atoms with Crippen LogP contribution in [0.5, 0.6) is 5.75 Å². The average molecular weight is 408 g/mol. The number of nitrogens with zero attached hydrogens (tertiary/aromatic N) is 4. The molecule has 3 heterocycles. The molecule has 2 atom stereocenters. The van der Waals surface area contributed by atoms with Crippen molar-refractivity contribution >= 4 is 12.1 Å². The smallest absolute Gasteiger partial charge is 0.406 e. The number of halogens is 3. The van der Waals surface area contributed by atoms with Crippen molar-refractivity contribution in [2.24, 2.45) is 5.92 Å². The van der Waals surface area contributed by atoms with E-state index >= 15 is 0 Å². The molecule has 156 valence electrons. The lowest BCUT2D eigenvalue weighted by atomic mass is 9.92. The van der Waals surface area contributed by atoms with Crippen LogP contribution in [0.15, 0.2) is 30.3 Å². The minimum Gasteiger partial charge on any atom is -0.406 e. The summed E-state index contributed by atoms with van der Waals surface area (Å²) in [5.74, 6) is 0.743. The van der Waals surface area contributed by atoms with Crippen LogP contribution < -0.4 is 9.64 Å². The van der Waals surface area contributed by atoms with E-state index in [-0.39, 0.29) is 11.7 Å². The minimum atomic E-state index is -4.71. The molecule has 29 heavy (non-hydrogen) atoms. The fourth-order valence-corrected chi connectivity index (χ4v) is 4.19. The van der Waals surface area contributed by atoms with Gasteiger partial charge in [0.05, 0.1) is 5.69 Å². The molecular weight excluding hydrogens is 385 g/mol. The molecule has 0 bridgehead atoms. The molecule has 0 spiro atoms. The van der Waals surface area contributed by atoms with Crippen molar-refractivity contribution in [1.29, 1.82) is 0 Å². The van der Waals surface area contributed by atoms with Gasteiger partial charge in [0.2, 0.25) is 0 Å². The summed E-state index contributed by atoms with van der Waals surface area (Å²) >= 11 is 0. The van der Waals surface area contributed by atoms with Crippen molar-refractivity contribution < 1.29 is 22.7 Å². The molecule has 2 aliphatic rings. The van der Waals surface area contributed by atoms with Gasteiger partial charge in [0, 0.05) is 49.9 Å². The summed E-state index contributed by atoms with van der Waals surface area (Å²) in [6.45, 7) is 5.34. The van der Waals surface area contributed by atoms with Crippen LogP contribution >= 0.6 is 0 Å². The quantitative estimate of drug-likeness (QED) is 0.728. The fourth-order valence-electron chi connectivity index (χ4n) is 4.19. The Bertz CT molecular complexity index is 866. The van der Waals surface area contributed by atoms with E-state index in [0.717, 1.165) is 56.8 Å². The summed E-state index contributed by atoms with van der Waals surface area (Å²) in [6.07, 6.45) is -1.71. The summed E-state index contributed by atoms with van der Waals surface area (Å²) in [5.41, 5.74) is 1.57. The lowest BCUT2D eigenvalue weighted by molar-refractivity contribution is -0.274. The first-order valence-electron chi connectivity index (χ1n) is 9.69. The zero-order valence-corrected chi connectivity index (χ0v) is 16.1. The van der Waals surface area contributed by atoms with E-state index in [1.165, 1.54) is 12.1 Å². The molecule has 2 aliphatic heterocycles. The zero-order valence-electron chi connectivity index (χ0n) is 16.1. The van der Waals surface area contributed by atoms with Gasteiger partial charge in [0.15, 0.2) is 5.82 Å². The van der Waals surface area contributed by atoms with Gasteiger partial charge in [-0.05, 0) is 44.0 Å². The number of alkyl halides is 3. The van der Waals surface area contributed by atoms with Crippen molar-refractivity contribution in [3.63, 3.8) is 0 Å². The first-order chi connectivity index (χ1) is 13.8. The van der Waals surface area contributed by atoms with Crippen molar-refractivity contribution in [3.8, 4) is 11.4 Å². The molecule has 1 aromatic heterocycles. The largest absolute Gasteiger partial charge is 0.573 e. The molecular formula is C20H23F3N4O2. The van der Waals surface area contributed by atoms with Gasteiger partial charge < -0.3 is 14.4 Å². The van der Waals surface area contributed by atoms with E-state index in [0.29, 0.717) is 11.7 Å². The fraction of sp³-hybridized carbons (Fsp3) is 0.500. The highest BCUT2D eigenvalue weighted by Gasteiger charge is 2.33. The van der Waals surface area contributed by atoms with E-state index < -0.39 is 6.36 Å². The highest BCUT2D eigenvalue weighted by Crippen LogP contribution is 2.28. The molecule has 0 radical (unpaired) electrons. The number of aromatic nitrogens is 2. The number of anilines is 1. The molecule has 0 amide bonds. The van der Waals surface area contributed by atoms with Gasteiger partial charge >= 0.3 is 6.36 Å². The SMILES string of the molecule is Cc1cc(N2CCN3CC(C=O)CCC3C2)nn1-c1ccc(OC(F)(F)F)cc1. The third-order valence-corrected chi connectivity index (χ3v) is 5.65. The highest BCUT2D eigenvalue weighted by molar-refractivity contribution is 5.54. The molecule has 6 nitrogen and oxygen atoms in total. The lowest BCUT2D eigenvalue weighted by Crippen LogP contribution is -2.56. The summed E-state index contributed by atoms with van der Waals surface area (Å²) in [4.78, 5) is 15.7. The summed E-state index contributed by atoms with van der Waals surface area (Å²) < 4.78 is 42.6. The van der Waals surface area contributed by atoms with E-state index in [1.54, 1.807) is 16.8 Å². The Morgan fingerprint density at radius 1 is 1.14 bits per heavy atom. The number of aryl methyl sites for hydroxylation is 1. The van der Waals surface area contributed by atoms with Crippen LogP contribution in [0.4, 0.5) is 19.0 Å². The predicted octanol–water partition coefficient (Wildman–Crippen LogP) is 3.18. The van der Waals surface area contributed by atoms with Crippen molar-refractivity contribution in [1.82, 2.24) is 14.7 Å². The zero-order chi connectivity index (χ0) is 20.6. The van der Waals surface area contributed by atoms with Crippen LogP contribution in [0.3, 0.4) is 0 Å². The monoisotopic (exact) mass is 408 g/mol. The Kier molecular flexibility index (Phi) is 5.24. The van der Waals surface area contributed by atoms with Gasteiger partial charge in [0.1, 0.15) is 12.0 Å². The van der Waals surface area contributed by atoms with Crippen molar-refractivity contribution in [3.05, 3.63) is 36.0 Å². The van der Waals surface area contributed by atoms with Crippen LogP contribution in [0.2, 0.25) is 0 Å². The van der Waals surface area contributed by atoms with Crippen LogP contribution in [0, 0.1) is 12.8 Å². The maximum absolute atomic E-state index is 12.3. The number of carbonyl (C=O) groups is 1. The van der Waals surface area contributed by atoms with Crippen molar-refractivity contribution in [2.75, 3.05) is 31.1 Å². The predicted molar refractivity (Wildman–Crippen MR) is 101 cm³/mol. The number of piperazine rings is 1. The van der Waals surface area contributed by atoms with E-state index in [2.05, 4.69) is 19.6 Å². The van der Waals surface area contributed by atoms with Gasteiger partial charge in [0.25, 0.3) is 0 Å². The normalized spacial score (nSPS) is 23.0. The first-order valence-corrected chi connectivity index (χ1v) is 9.69. The maximum atomic E-state index is 12.3. The second kappa shape index (κ2) is 7.70.